The summed E-state index contributed by atoms with van der Waals surface area (Å²) in [6, 6.07) is 4.77. The highest BCUT2D eigenvalue weighted by molar-refractivity contribution is 5.77. The van der Waals surface area contributed by atoms with Crippen LogP contribution < -0.4 is 10.1 Å². The Hall–Kier alpha value is -2.45. The van der Waals surface area contributed by atoms with Crippen LogP contribution in [-0.4, -0.2) is 41.5 Å². The summed E-state index contributed by atoms with van der Waals surface area (Å²) in [5, 5.41) is 11.9. The van der Waals surface area contributed by atoms with Gasteiger partial charge in [0.25, 0.3) is 0 Å². The third-order valence-electron chi connectivity index (χ3n) is 4.65. The molecule has 2 amide bonds. The molecule has 2 aliphatic rings. The zero-order valence-electron chi connectivity index (χ0n) is 13.8. The summed E-state index contributed by atoms with van der Waals surface area (Å²) in [6.07, 6.45) is -2.65. The van der Waals surface area contributed by atoms with Gasteiger partial charge in [0.05, 0.1) is 12.0 Å². The smallest absolute Gasteiger partial charge is 0.481 e. The van der Waals surface area contributed by atoms with Crippen LogP contribution in [0.4, 0.5) is 18.0 Å². The number of carboxylic acid groups (broad SMARTS) is 1. The van der Waals surface area contributed by atoms with Crippen LogP contribution in [0.25, 0.3) is 0 Å². The Balaban J connectivity index is 1.69. The van der Waals surface area contributed by atoms with Crippen LogP contribution >= 0.6 is 0 Å². The van der Waals surface area contributed by atoms with Crippen LogP contribution in [0.1, 0.15) is 30.9 Å². The van der Waals surface area contributed by atoms with Gasteiger partial charge < -0.3 is 20.1 Å². The molecule has 2 fully saturated rings. The predicted molar refractivity (Wildman–Crippen MR) is 84.4 cm³/mol. The normalized spacial score (nSPS) is 21.3. The molecule has 2 unspecified atom stereocenters. The highest BCUT2D eigenvalue weighted by Crippen LogP contribution is 2.42. The van der Waals surface area contributed by atoms with Gasteiger partial charge in [-0.3, -0.25) is 4.79 Å². The Labute approximate surface area is 147 Å². The standard InChI is InChI=1S/C17H19F3N2O4/c18-17(19,20)26-13-3-1-2-11(8-13)14(10-4-5-10)21-16(25)22-7-6-12(9-22)15(23)24/h1-3,8,10,12,14H,4-7,9H2,(H,21,25)(H,23,24). The van der Waals surface area contributed by atoms with Crippen molar-refractivity contribution in [3.63, 3.8) is 0 Å². The number of ether oxygens (including phenoxy) is 1. The van der Waals surface area contributed by atoms with Gasteiger partial charge in [0.15, 0.2) is 0 Å². The minimum Gasteiger partial charge on any atom is -0.481 e. The molecule has 3 rings (SSSR count). The monoisotopic (exact) mass is 372 g/mol. The van der Waals surface area contributed by atoms with E-state index in [-0.39, 0.29) is 18.2 Å². The molecule has 1 aliphatic carbocycles. The average Bonchev–Trinajstić information content (AvgIpc) is 3.25. The van der Waals surface area contributed by atoms with Gasteiger partial charge in [0, 0.05) is 13.1 Å². The first-order chi connectivity index (χ1) is 12.2. The lowest BCUT2D eigenvalue weighted by Gasteiger charge is -2.24. The summed E-state index contributed by atoms with van der Waals surface area (Å²) in [6.45, 7) is 0.479. The van der Waals surface area contributed by atoms with Gasteiger partial charge in [-0.15, -0.1) is 13.2 Å². The minimum absolute atomic E-state index is 0.135. The van der Waals surface area contributed by atoms with Crippen molar-refractivity contribution in [2.75, 3.05) is 13.1 Å². The van der Waals surface area contributed by atoms with Gasteiger partial charge in [-0.2, -0.15) is 0 Å². The number of benzene rings is 1. The Morgan fingerprint density at radius 1 is 1.27 bits per heavy atom. The van der Waals surface area contributed by atoms with Crippen molar-refractivity contribution >= 4 is 12.0 Å². The largest absolute Gasteiger partial charge is 0.573 e. The molecule has 0 radical (unpaired) electrons. The highest BCUT2D eigenvalue weighted by Gasteiger charge is 2.37. The summed E-state index contributed by atoms with van der Waals surface area (Å²) >= 11 is 0. The number of amides is 2. The highest BCUT2D eigenvalue weighted by atomic mass is 19.4. The van der Waals surface area contributed by atoms with Crippen LogP contribution in [0.2, 0.25) is 0 Å². The molecule has 9 heteroatoms. The van der Waals surface area contributed by atoms with E-state index < -0.39 is 30.3 Å². The van der Waals surface area contributed by atoms with E-state index in [4.69, 9.17) is 5.11 Å². The number of carboxylic acids is 1. The lowest BCUT2D eigenvalue weighted by atomic mass is 10.0. The second-order valence-corrected chi connectivity index (χ2v) is 6.65. The van der Waals surface area contributed by atoms with Crippen molar-refractivity contribution in [1.82, 2.24) is 10.2 Å². The summed E-state index contributed by atoms with van der Waals surface area (Å²) in [7, 11) is 0. The predicted octanol–water partition coefficient (Wildman–Crippen LogP) is 3.15. The lowest BCUT2D eigenvalue weighted by molar-refractivity contribution is -0.274. The Kier molecular flexibility index (Phi) is 4.97. The SMILES string of the molecule is O=C(O)C1CCN(C(=O)NC(c2cccc(OC(F)(F)F)c2)C2CC2)C1. The maximum atomic E-state index is 12.5. The van der Waals surface area contributed by atoms with E-state index in [1.807, 2.05) is 0 Å². The molecular weight excluding hydrogens is 353 g/mol. The van der Waals surface area contributed by atoms with E-state index in [0.29, 0.717) is 18.5 Å². The van der Waals surface area contributed by atoms with Gasteiger partial charge in [0.1, 0.15) is 5.75 Å². The number of hydrogen-bond acceptors (Lipinski definition) is 3. The van der Waals surface area contributed by atoms with Crippen molar-refractivity contribution in [3.05, 3.63) is 29.8 Å². The number of carbonyl (C=O) groups is 2. The number of likely N-dealkylation sites (tertiary alicyclic amines) is 1. The molecule has 2 atom stereocenters. The van der Waals surface area contributed by atoms with E-state index in [1.54, 1.807) is 6.07 Å². The molecule has 2 N–H and O–H groups in total. The molecule has 0 spiro atoms. The first-order valence-electron chi connectivity index (χ1n) is 8.37. The Morgan fingerprint density at radius 3 is 2.58 bits per heavy atom. The van der Waals surface area contributed by atoms with E-state index >= 15 is 0 Å². The van der Waals surface area contributed by atoms with Crippen LogP contribution in [0.3, 0.4) is 0 Å². The zero-order valence-corrected chi connectivity index (χ0v) is 13.8. The summed E-state index contributed by atoms with van der Waals surface area (Å²) < 4.78 is 41.2. The Morgan fingerprint density at radius 2 is 2.00 bits per heavy atom. The fraction of sp³-hybridized carbons (Fsp3) is 0.529. The fourth-order valence-corrected chi connectivity index (χ4v) is 3.18. The molecule has 1 saturated heterocycles. The molecule has 1 aromatic rings. The molecule has 0 aromatic heterocycles. The second kappa shape index (κ2) is 7.05. The maximum absolute atomic E-state index is 12.5. The van der Waals surface area contributed by atoms with E-state index in [1.165, 1.54) is 23.1 Å². The number of alkyl halides is 3. The molecule has 1 aromatic carbocycles. The van der Waals surface area contributed by atoms with Gasteiger partial charge in [-0.05, 0) is 42.9 Å². The number of carbonyl (C=O) groups excluding carboxylic acids is 1. The number of aliphatic carboxylic acids is 1. The van der Waals surface area contributed by atoms with E-state index in [2.05, 4.69) is 10.1 Å². The molecule has 26 heavy (non-hydrogen) atoms. The third kappa shape index (κ3) is 4.59. The summed E-state index contributed by atoms with van der Waals surface area (Å²) in [5.41, 5.74) is 0.539. The first kappa shape index (κ1) is 18.3. The van der Waals surface area contributed by atoms with Gasteiger partial charge >= 0.3 is 18.4 Å². The van der Waals surface area contributed by atoms with Crippen LogP contribution in [0.5, 0.6) is 5.75 Å². The molecule has 1 saturated carbocycles. The van der Waals surface area contributed by atoms with Crippen molar-refractivity contribution in [2.24, 2.45) is 11.8 Å². The first-order valence-corrected chi connectivity index (χ1v) is 8.37. The van der Waals surface area contributed by atoms with Crippen LogP contribution in [0.15, 0.2) is 24.3 Å². The fourth-order valence-electron chi connectivity index (χ4n) is 3.18. The number of urea groups is 1. The maximum Gasteiger partial charge on any atom is 0.573 e. The molecular formula is C17H19F3N2O4. The average molecular weight is 372 g/mol. The lowest BCUT2D eigenvalue weighted by Crippen LogP contribution is -2.41. The summed E-state index contributed by atoms with van der Waals surface area (Å²) in [5.74, 6) is -1.69. The van der Waals surface area contributed by atoms with Gasteiger partial charge in [0.2, 0.25) is 0 Å². The number of hydrogen-bond donors (Lipinski definition) is 2. The van der Waals surface area contributed by atoms with Gasteiger partial charge in [-0.25, -0.2) is 4.79 Å². The number of halogens is 3. The third-order valence-corrected chi connectivity index (χ3v) is 4.65. The molecule has 0 bridgehead atoms. The number of nitrogens with zero attached hydrogens (tertiary/aromatic N) is 1. The van der Waals surface area contributed by atoms with Crippen molar-refractivity contribution < 1.29 is 32.6 Å². The topological polar surface area (TPSA) is 78.9 Å². The van der Waals surface area contributed by atoms with E-state index in [0.717, 1.165) is 12.8 Å². The van der Waals surface area contributed by atoms with Crippen LogP contribution in [0, 0.1) is 11.8 Å². The van der Waals surface area contributed by atoms with Crippen molar-refractivity contribution in [1.29, 1.82) is 0 Å². The number of rotatable bonds is 5. The van der Waals surface area contributed by atoms with Crippen LogP contribution in [-0.2, 0) is 4.79 Å². The Bertz CT molecular complexity index is 691. The minimum atomic E-state index is -4.78. The van der Waals surface area contributed by atoms with Gasteiger partial charge in [-0.1, -0.05) is 12.1 Å². The van der Waals surface area contributed by atoms with E-state index in [9.17, 15) is 22.8 Å². The second-order valence-electron chi connectivity index (χ2n) is 6.65. The quantitative estimate of drug-likeness (QED) is 0.832. The van der Waals surface area contributed by atoms with Crippen molar-refractivity contribution in [3.8, 4) is 5.75 Å². The summed E-state index contributed by atoms with van der Waals surface area (Å²) in [4.78, 5) is 24.9. The number of nitrogens with one attached hydrogen (secondary N) is 1. The molecule has 142 valence electrons. The molecule has 1 heterocycles. The molecule has 6 nitrogen and oxygen atoms in total. The zero-order chi connectivity index (χ0) is 18.9. The molecule has 1 aliphatic heterocycles. The van der Waals surface area contributed by atoms with Crippen molar-refractivity contribution in [2.45, 2.75) is 31.7 Å².